The monoisotopic (exact) mass is 446 g/mol. The normalized spacial score (nSPS) is 14.9. The minimum atomic E-state index is -0.580. The fourth-order valence-corrected chi connectivity index (χ4v) is 3.97. The Kier molecular flexibility index (Phi) is 5.80. The molecule has 1 saturated heterocycles. The van der Waals surface area contributed by atoms with Crippen molar-refractivity contribution in [2.75, 3.05) is 38.3 Å². The quantitative estimate of drug-likeness (QED) is 0.499. The zero-order valence-corrected chi connectivity index (χ0v) is 18.1. The summed E-state index contributed by atoms with van der Waals surface area (Å²) in [6, 6.07) is 13.6. The molecule has 3 heterocycles. The Labute approximate surface area is 190 Å². The van der Waals surface area contributed by atoms with Crippen molar-refractivity contribution in [2.45, 2.75) is 6.04 Å². The third-order valence-corrected chi connectivity index (χ3v) is 5.79. The SMILES string of the molecule is COc1ccc(C(N)c2ccc(F)c(-c3ncnc4cc(N5CCOCC5)ccc34)c2)nn1. The molecule has 0 amide bonds. The highest BCUT2D eigenvalue weighted by Gasteiger charge is 2.18. The van der Waals surface area contributed by atoms with Gasteiger partial charge in [0, 0.05) is 35.8 Å². The summed E-state index contributed by atoms with van der Waals surface area (Å²) in [5.41, 5.74) is 10.3. The van der Waals surface area contributed by atoms with E-state index in [2.05, 4.69) is 25.1 Å². The van der Waals surface area contributed by atoms with Gasteiger partial charge in [-0.15, -0.1) is 10.2 Å². The number of ether oxygens (including phenoxy) is 2. The number of fused-ring (bicyclic) bond motifs is 1. The molecule has 1 aliphatic rings. The van der Waals surface area contributed by atoms with E-state index in [-0.39, 0.29) is 5.82 Å². The zero-order chi connectivity index (χ0) is 22.8. The molecular formula is C24H23FN6O2. The number of hydrogen-bond donors (Lipinski definition) is 1. The van der Waals surface area contributed by atoms with E-state index < -0.39 is 6.04 Å². The Hall–Kier alpha value is -3.69. The van der Waals surface area contributed by atoms with Gasteiger partial charge in [0.2, 0.25) is 5.88 Å². The van der Waals surface area contributed by atoms with E-state index in [0.29, 0.717) is 41.6 Å². The fraction of sp³-hybridized carbons (Fsp3) is 0.250. The molecule has 8 nitrogen and oxygen atoms in total. The largest absolute Gasteiger partial charge is 0.480 e. The van der Waals surface area contributed by atoms with Crippen molar-refractivity contribution in [3.8, 4) is 17.1 Å². The molecule has 168 valence electrons. The summed E-state index contributed by atoms with van der Waals surface area (Å²) in [6.07, 6.45) is 1.46. The Morgan fingerprint density at radius 1 is 1.03 bits per heavy atom. The molecule has 1 atom stereocenters. The van der Waals surface area contributed by atoms with E-state index in [0.717, 1.165) is 29.7 Å². The Bertz CT molecular complexity index is 1280. The number of anilines is 1. The van der Waals surface area contributed by atoms with E-state index in [9.17, 15) is 4.39 Å². The molecule has 0 bridgehead atoms. The van der Waals surface area contributed by atoms with Gasteiger partial charge in [0.25, 0.3) is 0 Å². The van der Waals surface area contributed by atoms with Crippen molar-refractivity contribution in [1.82, 2.24) is 20.2 Å². The minimum Gasteiger partial charge on any atom is -0.480 e. The van der Waals surface area contributed by atoms with E-state index >= 15 is 0 Å². The van der Waals surface area contributed by atoms with Crippen LogP contribution in [-0.2, 0) is 4.74 Å². The number of morpholine rings is 1. The first-order chi connectivity index (χ1) is 16.1. The Morgan fingerprint density at radius 3 is 2.64 bits per heavy atom. The lowest BCUT2D eigenvalue weighted by Crippen LogP contribution is -2.36. The third kappa shape index (κ3) is 4.20. The maximum atomic E-state index is 15.0. The summed E-state index contributed by atoms with van der Waals surface area (Å²) in [5, 5.41) is 8.86. The first kappa shape index (κ1) is 21.2. The van der Waals surface area contributed by atoms with E-state index in [4.69, 9.17) is 15.2 Å². The van der Waals surface area contributed by atoms with Crippen LogP contribution >= 0.6 is 0 Å². The lowest BCUT2D eigenvalue weighted by molar-refractivity contribution is 0.122. The van der Waals surface area contributed by atoms with Gasteiger partial charge in [-0.2, -0.15) is 0 Å². The van der Waals surface area contributed by atoms with Crippen LogP contribution in [0.4, 0.5) is 10.1 Å². The van der Waals surface area contributed by atoms with Crippen LogP contribution in [0.3, 0.4) is 0 Å². The summed E-state index contributed by atoms with van der Waals surface area (Å²) >= 11 is 0. The number of nitrogens with zero attached hydrogens (tertiary/aromatic N) is 5. The molecule has 0 saturated carbocycles. The number of hydrogen-bond acceptors (Lipinski definition) is 8. The Balaban J connectivity index is 1.52. The first-order valence-electron chi connectivity index (χ1n) is 10.6. The third-order valence-electron chi connectivity index (χ3n) is 5.79. The van der Waals surface area contributed by atoms with Crippen molar-refractivity contribution in [2.24, 2.45) is 5.73 Å². The molecule has 9 heteroatoms. The van der Waals surface area contributed by atoms with Gasteiger partial charge in [0.05, 0.1) is 43.3 Å². The number of rotatable bonds is 5. The number of halogens is 1. The van der Waals surface area contributed by atoms with E-state index in [1.165, 1.54) is 19.5 Å². The Morgan fingerprint density at radius 2 is 1.88 bits per heavy atom. The van der Waals surface area contributed by atoms with Gasteiger partial charge < -0.3 is 20.1 Å². The number of nitrogens with two attached hydrogens (primary N) is 1. The second-order valence-electron chi connectivity index (χ2n) is 7.74. The van der Waals surface area contributed by atoms with Crippen LogP contribution in [-0.4, -0.2) is 53.6 Å². The molecule has 1 fully saturated rings. The van der Waals surface area contributed by atoms with Gasteiger partial charge >= 0.3 is 0 Å². The molecule has 2 aromatic carbocycles. The molecule has 1 unspecified atom stereocenters. The van der Waals surface area contributed by atoms with Crippen molar-refractivity contribution in [3.63, 3.8) is 0 Å². The maximum Gasteiger partial charge on any atom is 0.233 e. The van der Waals surface area contributed by atoms with Crippen LogP contribution in [0.2, 0.25) is 0 Å². The summed E-state index contributed by atoms with van der Waals surface area (Å²) in [5.74, 6) is 0.0127. The fourth-order valence-electron chi connectivity index (χ4n) is 3.97. The van der Waals surface area contributed by atoms with Crippen LogP contribution in [0.15, 0.2) is 54.9 Å². The molecular weight excluding hydrogens is 423 g/mol. The summed E-state index contributed by atoms with van der Waals surface area (Å²) < 4.78 is 25.4. The minimum absolute atomic E-state index is 0.357. The summed E-state index contributed by atoms with van der Waals surface area (Å²) in [7, 11) is 1.52. The van der Waals surface area contributed by atoms with Crippen LogP contribution in [0.1, 0.15) is 17.3 Å². The standard InChI is InChI=1S/C24H23FN6O2/c1-32-22-7-6-20(29-30-22)23(26)15-2-5-19(25)18(12-15)24-17-4-3-16(13-21(17)27-14-28-24)31-8-10-33-11-9-31/h2-7,12-14,23H,8-11,26H2,1H3. The molecule has 0 aliphatic carbocycles. The van der Waals surface area contributed by atoms with Gasteiger partial charge in [0.1, 0.15) is 12.1 Å². The number of benzene rings is 2. The number of methoxy groups -OCH3 is 1. The van der Waals surface area contributed by atoms with Gasteiger partial charge in [0.15, 0.2) is 0 Å². The van der Waals surface area contributed by atoms with E-state index in [1.807, 2.05) is 18.2 Å². The van der Waals surface area contributed by atoms with Crippen molar-refractivity contribution in [1.29, 1.82) is 0 Å². The molecule has 0 spiro atoms. The van der Waals surface area contributed by atoms with Crippen LogP contribution in [0.25, 0.3) is 22.2 Å². The van der Waals surface area contributed by atoms with Gasteiger partial charge in [-0.05, 0) is 42.0 Å². The summed E-state index contributed by atoms with van der Waals surface area (Å²) in [6.45, 7) is 3.05. The second-order valence-corrected chi connectivity index (χ2v) is 7.74. The van der Waals surface area contributed by atoms with Crippen molar-refractivity contribution < 1.29 is 13.9 Å². The average Bonchev–Trinajstić information content (AvgIpc) is 2.88. The zero-order valence-electron chi connectivity index (χ0n) is 18.1. The average molecular weight is 446 g/mol. The predicted molar refractivity (Wildman–Crippen MR) is 123 cm³/mol. The molecule has 0 radical (unpaired) electrons. The second kappa shape index (κ2) is 9.05. The van der Waals surface area contributed by atoms with Gasteiger partial charge in [-0.3, -0.25) is 0 Å². The van der Waals surface area contributed by atoms with Crippen LogP contribution < -0.4 is 15.4 Å². The van der Waals surface area contributed by atoms with Crippen LogP contribution in [0, 0.1) is 5.82 Å². The van der Waals surface area contributed by atoms with Gasteiger partial charge in [-0.25, -0.2) is 14.4 Å². The predicted octanol–water partition coefficient (Wildman–Crippen LogP) is 3.12. The number of aromatic nitrogens is 4. The highest BCUT2D eigenvalue weighted by Crippen LogP contribution is 2.32. The van der Waals surface area contributed by atoms with E-state index in [1.54, 1.807) is 24.3 Å². The van der Waals surface area contributed by atoms with Crippen molar-refractivity contribution >= 4 is 16.6 Å². The molecule has 1 aliphatic heterocycles. The highest BCUT2D eigenvalue weighted by atomic mass is 19.1. The lowest BCUT2D eigenvalue weighted by Gasteiger charge is -2.29. The summed E-state index contributed by atoms with van der Waals surface area (Å²) in [4.78, 5) is 11.1. The molecule has 2 N–H and O–H groups in total. The maximum absolute atomic E-state index is 15.0. The lowest BCUT2D eigenvalue weighted by atomic mass is 9.98. The molecule has 5 rings (SSSR count). The molecule has 33 heavy (non-hydrogen) atoms. The highest BCUT2D eigenvalue weighted by molar-refractivity contribution is 5.94. The molecule has 2 aromatic heterocycles. The van der Waals surface area contributed by atoms with Crippen molar-refractivity contribution in [3.05, 3.63) is 71.9 Å². The smallest absolute Gasteiger partial charge is 0.233 e. The van der Waals surface area contributed by atoms with Crippen LogP contribution in [0.5, 0.6) is 5.88 Å². The first-order valence-corrected chi connectivity index (χ1v) is 10.6. The topological polar surface area (TPSA) is 99.3 Å². The van der Waals surface area contributed by atoms with Gasteiger partial charge in [-0.1, -0.05) is 6.07 Å². The molecule has 4 aromatic rings.